The molecule has 0 saturated carbocycles. The summed E-state index contributed by atoms with van der Waals surface area (Å²) in [5, 5.41) is 3.48. The quantitative estimate of drug-likeness (QED) is 0.889. The van der Waals surface area contributed by atoms with Gasteiger partial charge in [0.05, 0.1) is 0 Å². The van der Waals surface area contributed by atoms with Crippen LogP contribution < -0.4 is 5.32 Å². The molecule has 2 aromatic rings. The summed E-state index contributed by atoms with van der Waals surface area (Å²) in [4.78, 5) is 7.43. The number of nitrogens with one attached hydrogen (secondary N) is 2. The molecule has 1 atom stereocenters. The molecule has 3 nitrogen and oxygen atoms in total. The van der Waals surface area contributed by atoms with Gasteiger partial charge in [0.25, 0.3) is 0 Å². The Morgan fingerprint density at radius 3 is 3.00 bits per heavy atom. The molecule has 0 bridgehead atoms. The zero-order chi connectivity index (χ0) is 12.1. The number of H-pyrrole nitrogens is 1. The first-order valence-corrected chi connectivity index (χ1v) is 6.56. The van der Waals surface area contributed by atoms with Crippen LogP contribution in [0.5, 0.6) is 0 Å². The molecule has 1 aromatic heterocycles. The van der Waals surface area contributed by atoms with Crippen molar-refractivity contribution in [1.29, 1.82) is 0 Å². The van der Waals surface area contributed by atoms with Crippen LogP contribution in [0.1, 0.15) is 24.4 Å². The van der Waals surface area contributed by atoms with Gasteiger partial charge in [0.15, 0.2) is 0 Å². The number of hydrogen-bond donors (Lipinski definition) is 2. The second kappa shape index (κ2) is 5.98. The third kappa shape index (κ3) is 3.41. The first-order valence-electron chi connectivity index (χ1n) is 5.76. The molecule has 0 fully saturated rings. The average molecular weight is 294 g/mol. The summed E-state index contributed by atoms with van der Waals surface area (Å²) in [6.45, 7) is 3.06. The summed E-state index contributed by atoms with van der Waals surface area (Å²) in [5.41, 5.74) is 1.28. The Balaban J connectivity index is 2.16. The molecule has 1 heterocycles. The number of halogens is 1. The molecule has 0 aliphatic carbocycles. The van der Waals surface area contributed by atoms with Gasteiger partial charge in [-0.15, -0.1) is 0 Å². The van der Waals surface area contributed by atoms with Crippen LogP contribution in [0.4, 0.5) is 0 Å². The summed E-state index contributed by atoms with van der Waals surface area (Å²) < 4.78 is 1.11. The molecule has 0 amide bonds. The molecule has 1 aromatic carbocycles. The first-order chi connectivity index (χ1) is 8.29. The SMILES string of the molecule is CCNC(Cc1ncc[nH]1)c1cccc(Br)c1. The molecule has 17 heavy (non-hydrogen) atoms. The summed E-state index contributed by atoms with van der Waals surface area (Å²) >= 11 is 3.51. The molecule has 2 rings (SSSR count). The molecule has 90 valence electrons. The van der Waals surface area contributed by atoms with E-state index in [1.165, 1.54) is 5.56 Å². The zero-order valence-electron chi connectivity index (χ0n) is 9.78. The number of aromatic nitrogens is 2. The maximum Gasteiger partial charge on any atom is 0.107 e. The van der Waals surface area contributed by atoms with Crippen LogP contribution in [0, 0.1) is 0 Å². The topological polar surface area (TPSA) is 40.7 Å². The number of aromatic amines is 1. The normalized spacial score (nSPS) is 12.6. The second-order valence-corrected chi connectivity index (χ2v) is 4.82. The van der Waals surface area contributed by atoms with E-state index in [0.717, 1.165) is 23.3 Å². The zero-order valence-corrected chi connectivity index (χ0v) is 11.4. The number of hydrogen-bond acceptors (Lipinski definition) is 2. The Morgan fingerprint density at radius 1 is 1.47 bits per heavy atom. The second-order valence-electron chi connectivity index (χ2n) is 3.91. The maximum atomic E-state index is 4.28. The largest absolute Gasteiger partial charge is 0.349 e. The van der Waals surface area contributed by atoms with E-state index < -0.39 is 0 Å². The summed E-state index contributed by atoms with van der Waals surface area (Å²) in [6, 6.07) is 8.69. The Hall–Kier alpha value is -1.13. The average Bonchev–Trinajstić information content (AvgIpc) is 2.81. The van der Waals surface area contributed by atoms with Crippen LogP contribution in [0.3, 0.4) is 0 Å². The lowest BCUT2D eigenvalue weighted by molar-refractivity contribution is 0.539. The summed E-state index contributed by atoms with van der Waals surface area (Å²) in [6.07, 6.45) is 4.52. The number of rotatable bonds is 5. The smallest absolute Gasteiger partial charge is 0.107 e. The van der Waals surface area contributed by atoms with Crippen molar-refractivity contribution in [2.24, 2.45) is 0 Å². The van der Waals surface area contributed by atoms with Crippen molar-refractivity contribution in [2.75, 3.05) is 6.54 Å². The maximum absolute atomic E-state index is 4.28. The molecule has 4 heteroatoms. The van der Waals surface area contributed by atoms with Crippen molar-refractivity contribution in [3.8, 4) is 0 Å². The van der Waals surface area contributed by atoms with Gasteiger partial charge >= 0.3 is 0 Å². The summed E-state index contributed by atoms with van der Waals surface area (Å²) in [7, 11) is 0. The summed E-state index contributed by atoms with van der Waals surface area (Å²) in [5.74, 6) is 1.01. The third-order valence-electron chi connectivity index (χ3n) is 2.65. The molecule has 0 spiro atoms. The first kappa shape index (κ1) is 12.3. The van der Waals surface area contributed by atoms with Crippen molar-refractivity contribution in [2.45, 2.75) is 19.4 Å². The minimum Gasteiger partial charge on any atom is -0.349 e. The van der Waals surface area contributed by atoms with Crippen LogP contribution in [-0.4, -0.2) is 16.5 Å². The van der Waals surface area contributed by atoms with Gasteiger partial charge in [-0.3, -0.25) is 0 Å². The van der Waals surface area contributed by atoms with E-state index >= 15 is 0 Å². The Kier molecular flexibility index (Phi) is 4.34. The van der Waals surface area contributed by atoms with Crippen molar-refractivity contribution in [3.05, 3.63) is 52.5 Å². The minimum atomic E-state index is 0.295. The van der Waals surface area contributed by atoms with Crippen LogP contribution in [-0.2, 0) is 6.42 Å². The van der Waals surface area contributed by atoms with Crippen LogP contribution >= 0.6 is 15.9 Å². The molecular formula is C13H16BrN3. The van der Waals surface area contributed by atoms with Gasteiger partial charge < -0.3 is 10.3 Å². The Morgan fingerprint density at radius 2 is 2.35 bits per heavy atom. The van der Waals surface area contributed by atoms with Crippen molar-refractivity contribution in [1.82, 2.24) is 15.3 Å². The van der Waals surface area contributed by atoms with Gasteiger partial charge in [-0.1, -0.05) is 35.0 Å². The van der Waals surface area contributed by atoms with E-state index in [4.69, 9.17) is 0 Å². The van der Waals surface area contributed by atoms with E-state index in [1.54, 1.807) is 6.20 Å². The highest BCUT2D eigenvalue weighted by atomic mass is 79.9. The Bertz CT molecular complexity index is 453. The van der Waals surface area contributed by atoms with Crippen LogP contribution in [0.2, 0.25) is 0 Å². The lowest BCUT2D eigenvalue weighted by Gasteiger charge is -2.17. The van der Waals surface area contributed by atoms with Crippen molar-refractivity contribution < 1.29 is 0 Å². The van der Waals surface area contributed by atoms with Crippen molar-refractivity contribution >= 4 is 15.9 Å². The lowest BCUT2D eigenvalue weighted by atomic mass is 10.0. The molecule has 0 saturated heterocycles. The van der Waals surface area contributed by atoms with E-state index in [1.807, 2.05) is 12.3 Å². The van der Waals surface area contributed by atoms with Gasteiger partial charge in [-0.25, -0.2) is 4.98 Å². The van der Waals surface area contributed by atoms with Gasteiger partial charge in [0.1, 0.15) is 5.82 Å². The van der Waals surface area contributed by atoms with Gasteiger partial charge in [0, 0.05) is 29.3 Å². The van der Waals surface area contributed by atoms with Crippen molar-refractivity contribution in [3.63, 3.8) is 0 Å². The number of benzene rings is 1. The number of imidazole rings is 1. The Labute approximate surface area is 110 Å². The molecule has 0 radical (unpaired) electrons. The predicted octanol–water partition coefficient (Wildman–Crippen LogP) is 3.07. The van der Waals surface area contributed by atoms with E-state index in [9.17, 15) is 0 Å². The monoisotopic (exact) mass is 293 g/mol. The number of likely N-dealkylation sites (N-methyl/N-ethyl adjacent to an activating group) is 1. The fourth-order valence-corrected chi connectivity index (χ4v) is 2.30. The van der Waals surface area contributed by atoms with Gasteiger partial charge in [0.2, 0.25) is 0 Å². The van der Waals surface area contributed by atoms with Crippen LogP contribution in [0.15, 0.2) is 41.1 Å². The molecule has 0 aliphatic heterocycles. The predicted molar refractivity (Wildman–Crippen MR) is 72.9 cm³/mol. The van der Waals surface area contributed by atoms with Gasteiger partial charge in [-0.05, 0) is 24.2 Å². The molecule has 1 unspecified atom stereocenters. The van der Waals surface area contributed by atoms with E-state index in [-0.39, 0.29) is 0 Å². The highest BCUT2D eigenvalue weighted by Gasteiger charge is 2.12. The van der Waals surface area contributed by atoms with E-state index in [0.29, 0.717) is 6.04 Å². The van der Waals surface area contributed by atoms with Gasteiger partial charge in [-0.2, -0.15) is 0 Å². The highest BCUT2D eigenvalue weighted by molar-refractivity contribution is 9.10. The highest BCUT2D eigenvalue weighted by Crippen LogP contribution is 2.20. The fourth-order valence-electron chi connectivity index (χ4n) is 1.88. The van der Waals surface area contributed by atoms with E-state index in [2.05, 4.69) is 56.3 Å². The fraction of sp³-hybridized carbons (Fsp3) is 0.308. The molecule has 2 N–H and O–H groups in total. The molecule has 0 aliphatic rings. The standard InChI is InChI=1S/C13H16BrN3/c1-2-15-12(9-13-16-6-7-17-13)10-4-3-5-11(14)8-10/h3-8,12,15H,2,9H2,1H3,(H,16,17). The third-order valence-corrected chi connectivity index (χ3v) is 3.15. The minimum absolute atomic E-state index is 0.295. The lowest BCUT2D eigenvalue weighted by Crippen LogP contribution is -2.23. The molecular weight excluding hydrogens is 278 g/mol. The number of nitrogens with zero attached hydrogens (tertiary/aromatic N) is 1. The van der Waals surface area contributed by atoms with Crippen LogP contribution in [0.25, 0.3) is 0 Å².